The molecule has 2 atom stereocenters. The zero-order valence-corrected chi connectivity index (χ0v) is 15.6. The lowest BCUT2D eigenvalue weighted by atomic mass is 9.90. The Hall–Kier alpha value is -1.51. The van der Waals surface area contributed by atoms with Gasteiger partial charge in [-0.25, -0.2) is 18.4 Å². The molecule has 2 aromatic rings. The fourth-order valence-corrected chi connectivity index (χ4v) is 4.00. The maximum atomic E-state index is 14.4. The summed E-state index contributed by atoms with van der Waals surface area (Å²) >= 11 is 1.54. The number of hydrogen-bond donors (Lipinski definition) is 2. The number of unbranched alkanes of at least 4 members (excludes halogenated alkanes) is 3. The zero-order valence-electron chi connectivity index (χ0n) is 14.8. The fraction of sp³-hybridized carbons (Fsp3) is 0.556. The molecule has 1 aromatic carbocycles. The van der Waals surface area contributed by atoms with Gasteiger partial charge in [-0.05, 0) is 24.7 Å². The Kier molecular flexibility index (Phi) is 7.99. The van der Waals surface area contributed by atoms with E-state index in [2.05, 4.69) is 10.1 Å². The van der Waals surface area contributed by atoms with E-state index in [1.165, 1.54) is 35.2 Å². The predicted molar refractivity (Wildman–Crippen MR) is 97.8 cm³/mol. The number of halogens is 2. The molecule has 144 valence electrons. The van der Waals surface area contributed by atoms with Crippen molar-refractivity contribution in [2.75, 3.05) is 12.4 Å². The smallest absolute Gasteiger partial charge is 0.137 e. The molecular weight excluding hydrogens is 360 g/mol. The second-order valence-corrected chi connectivity index (χ2v) is 7.74. The molecule has 26 heavy (non-hydrogen) atoms. The number of aliphatic hydroxyl groups is 2. The molecule has 2 rings (SSSR count). The molecule has 0 saturated heterocycles. The van der Waals surface area contributed by atoms with Crippen molar-refractivity contribution < 1.29 is 19.0 Å². The highest BCUT2D eigenvalue weighted by atomic mass is 32.2. The van der Waals surface area contributed by atoms with Gasteiger partial charge in [0.05, 0.1) is 6.54 Å². The number of rotatable bonds is 11. The predicted octanol–water partition coefficient (Wildman–Crippen LogP) is 3.12. The molecule has 0 aliphatic heterocycles. The zero-order chi connectivity index (χ0) is 19.0. The van der Waals surface area contributed by atoms with Crippen molar-refractivity contribution in [1.29, 1.82) is 0 Å². The van der Waals surface area contributed by atoms with Crippen LogP contribution >= 0.6 is 11.8 Å². The van der Waals surface area contributed by atoms with E-state index in [1.54, 1.807) is 0 Å². The van der Waals surface area contributed by atoms with Crippen LogP contribution in [0, 0.1) is 11.6 Å². The van der Waals surface area contributed by atoms with Crippen LogP contribution in [0.1, 0.15) is 38.2 Å². The Balaban J connectivity index is 2.12. The summed E-state index contributed by atoms with van der Waals surface area (Å²) in [6, 6.07) is 3.23. The first-order valence-electron chi connectivity index (χ1n) is 8.70. The number of thioether (sulfide) groups is 1. The Bertz CT molecular complexity index is 672. The molecule has 0 bridgehead atoms. The van der Waals surface area contributed by atoms with Gasteiger partial charge in [0.2, 0.25) is 0 Å². The standard InChI is InChI=1S/C18H25F2N3O2S/c1-14(26-9-5-3-2-4-8-24)18(25,11-23-13-21-12-22-23)16-7-6-15(19)10-17(16)20/h6-7,10,12-14,24-25H,2-5,8-9,11H2,1H3/t14-,18-/m1/s1. The Morgan fingerprint density at radius 3 is 2.65 bits per heavy atom. The van der Waals surface area contributed by atoms with Crippen LogP contribution in [0.2, 0.25) is 0 Å². The van der Waals surface area contributed by atoms with Gasteiger partial charge in [-0.3, -0.25) is 0 Å². The highest BCUT2D eigenvalue weighted by molar-refractivity contribution is 7.99. The third-order valence-corrected chi connectivity index (χ3v) is 5.77. The third kappa shape index (κ3) is 5.49. The van der Waals surface area contributed by atoms with Crippen molar-refractivity contribution in [3.8, 4) is 0 Å². The summed E-state index contributed by atoms with van der Waals surface area (Å²) in [7, 11) is 0. The molecule has 0 fully saturated rings. The van der Waals surface area contributed by atoms with Crippen molar-refractivity contribution in [1.82, 2.24) is 14.8 Å². The SMILES string of the molecule is C[C@@H](SCCCCCCO)[C@](O)(Cn1cncn1)c1ccc(F)cc1F. The molecule has 0 amide bonds. The largest absolute Gasteiger partial charge is 0.396 e. The number of aromatic nitrogens is 3. The minimum atomic E-state index is -1.55. The Morgan fingerprint density at radius 2 is 2.00 bits per heavy atom. The van der Waals surface area contributed by atoms with E-state index >= 15 is 0 Å². The summed E-state index contributed by atoms with van der Waals surface area (Å²) in [6.07, 6.45) is 6.49. The average Bonchev–Trinajstić information content (AvgIpc) is 3.10. The Labute approximate surface area is 156 Å². The summed E-state index contributed by atoms with van der Waals surface area (Å²) in [5.74, 6) is -0.656. The molecule has 0 saturated carbocycles. The molecule has 2 N–H and O–H groups in total. The molecule has 0 aliphatic carbocycles. The lowest BCUT2D eigenvalue weighted by molar-refractivity contribution is 0.0133. The van der Waals surface area contributed by atoms with Gasteiger partial charge in [-0.1, -0.05) is 25.8 Å². The van der Waals surface area contributed by atoms with Gasteiger partial charge in [0.25, 0.3) is 0 Å². The van der Waals surface area contributed by atoms with Gasteiger partial charge in [-0.15, -0.1) is 0 Å². The van der Waals surface area contributed by atoms with E-state index in [4.69, 9.17) is 5.11 Å². The second kappa shape index (κ2) is 9.99. The van der Waals surface area contributed by atoms with Crippen LogP contribution in [-0.2, 0) is 12.1 Å². The molecule has 0 spiro atoms. The van der Waals surface area contributed by atoms with Crippen LogP contribution in [0.4, 0.5) is 8.78 Å². The van der Waals surface area contributed by atoms with E-state index in [1.807, 2.05) is 6.92 Å². The maximum Gasteiger partial charge on any atom is 0.137 e. The molecule has 1 heterocycles. The Morgan fingerprint density at radius 1 is 1.23 bits per heavy atom. The van der Waals surface area contributed by atoms with Gasteiger partial charge in [0.1, 0.15) is 29.9 Å². The topological polar surface area (TPSA) is 71.2 Å². The van der Waals surface area contributed by atoms with E-state index in [9.17, 15) is 13.9 Å². The quantitative estimate of drug-likeness (QED) is 0.582. The van der Waals surface area contributed by atoms with Crippen LogP contribution in [0.5, 0.6) is 0 Å². The van der Waals surface area contributed by atoms with Crippen LogP contribution in [0.25, 0.3) is 0 Å². The van der Waals surface area contributed by atoms with Gasteiger partial charge in [0, 0.05) is 23.5 Å². The highest BCUT2D eigenvalue weighted by Crippen LogP contribution is 2.36. The molecule has 8 heteroatoms. The minimum Gasteiger partial charge on any atom is -0.396 e. The molecule has 0 unspecified atom stereocenters. The average molecular weight is 385 g/mol. The lowest BCUT2D eigenvalue weighted by Gasteiger charge is -2.34. The van der Waals surface area contributed by atoms with Gasteiger partial charge < -0.3 is 10.2 Å². The summed E-state index contributed by atoms with van der Waals surface area (Å²) in [6.45, 7) is 2.05. The fourth-order valence-electron chi connectivity index (χ4n) is 2.80. The van der Waals surface area contributed by atoms with Crippen molar-refractivity contribution in [2.24, 2.45) is 0 Å². The van der Waals surface area contributed by atoms with Gasteiger partial charge in [0.15, 0.2) is 0 Å². The number of nitrogens with zero attached hydrogens (tertiary/aromatic N) is 3. The normalized spacial score (nSPS) is 15.0. The van der Waals surface area contributed by atoms with E-state index in [0.29, 0.717) is 0 Å². The van der Waals surface area contributed by atoms with Crippen LogP contribution < -0.4 is 0 Å². The summed E-state index contributed by atoms with van der Waals surface area (Å²) in [4.78, 5) is 3.86. The summed E-state index contributed by atoms with van der Waals surface area (Å²) in [5.41, 5.74) is -1.50. The van der Waals surface area contributed by atoms with Crippen molar-refractivity contribution >= 4 is 11.8 Å². The van der Waals surface area contributed by atoms with Crippen LogP contribution in [0.15, 0.2) is 30.9 Å². The number of benzene rings is 1. The van der Waals surface area contributed by atoms with Crippen LogP contribution in [0.3, 0.4) is 0 Å². The molecule has 5 nitrogen and oxygen atoms in total. The van der Waals surface area contributed by atoms with Gasteiger partial charge >= 0.3 is 0 Å². The monoisotopic (exact) mass is 385 g/mol. The van der Waals surface area contributed by atoms with Gasteiger partial charge in [-0.2, -0.15) is 16.9 Å². The maximum absolute atomic E-state index is 14.4. The number of aliphatic hydroxyl groups excluding tert-OH is 1. The van der Waals surface area contributed by atoms with Crippen molar-refractivity contribution in [3.63, 3.8) is 0 Å². The summed E-state index contributed by atoms with van der Waals surface area (Å²) in [5, 5.41) is 23.8. The second-order valence-electron chi connectivity index (χ2n) is 6.29. The first-order chi connectivity index (χ1) is 12.5. The minimum absolute atomic E-state index is 0.0221. The van der Waals surface area contributed by atoms with E-state index in [-0.39, 0.29) is 24.0 Å². The molecule has 0 radical (unpaired) electrons. The molecular formula is C18H25F2N3O2S. The highest BCUT2D eigenvalue weighted by Gasteiger charge is 2.39. The first kappa shape index (κ1) is 20.8. The third-order valence-electron chi connectivity index (χ3n) is 4.36. The molecule has 1 aromatic heterocycles. The van der Waals surface area contributed by atoms with Crippen molar-refractivity contribution in [3.05, 3.63) is 48.1 Å². The molecule has 0 aliphatic rings. The van der Waals surface area contributed by atoms with Crippen LogP contribution in [-0.4, -0.2) is 42.6 Å². The first-order valence-corrected chi connectivity index (χ1v) is 9.75. The van der Waals surface area contributed by atoms with E-state index < -0.39 is 17.2 Å². The lowest BCUT2D eigenvalue weighted by Crippen LogP contribution is -2.41. The summed E-state index contributed by atoms with van der Waals surface area (Å²) < 4.78 is 29.1. The van der Waals surface area contributed by atoms with E-state index in [0.717, 1.165) is 43.6 Å². The number of hydrogen-bond acceptors (Lipinski definition) is 5. The van der Waals surface area contributed by atoms with Crippen molar-refractivity contribution in [2.45, 2.75) is 50.0 Å².